The summed E-state index contributed by atoms with van der Waals surface area (Å²) in [5.41, 5.74) is 1.47. The quantitative estimate of drug-likeness (QED) is 0.870. The van der Waals surface area contributed by atoms with E-state index < -0.39 is 9.84 Å². The first kappa shape index (κ1) is 15.1. The second-order valence-corrected chi connectivity index (χ2v) is 6.76. The standard InChI is InChI=1S/C16H15NO3S/c1-12(14-5-3-4-13(10-14)11-17)20-15-6-8-16(9-7-15)21(2,18)19/h3-10,12H,1-2H3/t12-/m1/s1. The van der Waals surface area contributed by atoms with E-state index in [0.717, 1.165) is 5.56 Å². The van der Waals surface area contributed by atoms with E-state index in [-0.39, 0.29) is 11.0 Å². The third-order valence-electron chi connectivity index (χ3n) is 3.05. The zero-order valence-electron chi connectivity index (χ0n) is 11.8. The molecule has 0 aliphatic rings. The minimum Gasteiger partial charge on any atom is -0.486 e. The van der Waals surface area contributed by atoms with Crippen molar-refractivity contribution in [3.63, 3.8) is 0 Å². The van der Waals surface area contributed by atoms with E-state index in [4.69, 9.17) is 10.00 Å². The van der Waals surface area contributed by atoms with Gasteiger partial charge in [-0.2, -0.15) is 5.26 Å². The number of nitrogens with zero attached hydrogens (tertiary/aromatic N) is 1. The van der Waals surface area contributed by atoms with Gasteiger partial charge in [-0.05, 0) is 48.9 Å². The molecule has 21 heavy (non-hydrogen) atoms. The van der Waals surface area contributed by atoms with Crippen LogP contribution in [0.5, 0.6) is 5.75 Å². The molecular formula is C16H15NO3S. The summed E-state index contributed by atoms with van der Waals surface area (Å²) in [6.07, 6.45) is 0.932. The van der Waals surface area contributed by atoms with E-state index in [0.29, 0.717) is 11.3 Å². The van der Waals surface area contributed by atoms with E-state index in [1.165, 1.54) is 18.4 Å². The minimum absolute atomic E-state index is 0.234. The lowest BCUT2D eigenvalue weighted by atomic mass is 10.1. The maximum Gasteiger partial charge on any atom is 0.175 e. The molecule has 0 radical (unpaired) electrons. The highest BCUT2D eigenvalue weighted by Gasteiger charge is 2.10. The highest BCUT2D eigenvalue weighted by molar-refractivity contribution is 7.90. The van der Waals surface area contributed by atoms with Crippen molar-refractivity contribution < 1.29 is 13.2 Å². The van der Waals surface area contributed by atoms with Crippen molar-refractivity contribution in [3.05, 3.63) is 59.7 Å². The fourth-order valence-corrected chi connectivity index (χ4v) is 2.53. The van der Waals surface area contributed by atoms with Gasteiger partial charge in [-0.1, -0.05) is 12.1 Å². The number of hydrogen-bond acceptors (Lipinski definition) is 4. The molecule has 2 aromatic rings. The van der Waals surface area contributed by atoms with Crippen LogP contribution in [0.1, 0.15) is 24.2 Å². The Hall–Kier alpha value is -2.32. The van der Waals surface area contributed by atoms with Gasteiger partial charge in [0.1, 0.15) is 11.9 Å². The van der Waals surface area contributed by atoms with Crippen molar-refractivity contribution in [1.82, 2.24) is 0 Å². The summed E-state index contributed by atoms with van der Waals surface area (Å²) in [7, 11) is -3.20. The van der Waals surface area contributed by atoms with E-state index in [9.17, 15) is 8.42 Å². The molecule has 0 aliphatic heterocycles. The van der Waals surface area contributed by atoms with Gasteiger partial charge in [-0.25, -0.2) is 8.42 Å². The molecule has 0 bridgehead atoms. The molecule has 1 atom stereocenters. The van der Waals surface area contributed by atoms with Gasteiger partial charge in [0.2, 0.25) is 0 Å². The lowest BCUT2D eigenvalue weighted by Crippen LogP contribution is -2.04. The summed E-state index contributed by atoms with van der Waals surface area (Å²) in [6.45, 7) is 1.88. The fourth-order valence-electron chi connectivity index (χ4n) is 1.90. The van der Waals surface area contributed by atoms with Crippen LogP contribution in [-0.2, 0) is 9.84 Å². The first-order valence-electron chi connectivity index (χ1n) is 6.37. The second kappa shape index (κ2) is 5.98. The van der Waals surface area contributed by atoms with Crippen molar-refractivity contribution in [2.24, 2.45) is 0 Å². The van der Waals surface area contributed by atoms with Crippen molar-refractivity contribution in [2.45, 2.75) is 17.9 Å². The van der Waals surface area contributed by atoms with Crippen LogP contribution < -0.4 is 4.74 Å². The molecule has 0 N–H and O–H groups in total. The van der Waals surface area contributed by atoms with Gasteiger partial charge < -0.3 is 4.74 Å². The minimum atomic E-state index is -3.20. The molecule has 0 aromatic heterocycles. The van der Waals surface area contributed by atoms with E-state index in [1.807, 2.05) is 13.0 Å². The van der Waals surface area contributed by atoms with Crippen LogP contribution in [0.25, 0.3) is 0 Å². The first-order chi connectivity index (χ1) is 9.90. The van der Waals surface area contributed by atoms with Gasteiger partial charge in [-0.3, -0.25) is 0 Å². The molecule has 0 unspecified atom stereocenters. The maximum atomic E-state index is 11.4. The predicted octanol–water partition coefficient (Wildman–Crippen LogP) is 3.10. The summed E-state index contributed by atoms with van der Waals surface area (Å²) in [6, 6.07) is 15.6. The number of ether oxygens (including phenoxy) is 1. The van der Waals surface area contributed by atoms with Crippen LogP contribution in [0.2, 0.25) is 0 Å². The monoisotopic (exact) mass is 301 g/mol. The maximum absolute atomic E-state index is 11.4. The average molecular weight is 301 g/mol. The summed E-state index contributed by atoms with van der Waals surface area (Å²) in [5.74, 6) is 0.581. The molecule has 0 heterocycles. The van der Waals surface area contributed by atoms with Gasteiger partial charge in [0, 0.05) is 6.26 Å². The molecule has 2 rings (SSSR count). The van der Waals surface area contributed by atoms with E-state index in [1.54, 1.807) is 30.3 Å². The van der Waals surface area contributed by atoms with Crippen LogP contribution in [0.4, 0.5) is 0 Å². The summed E-state index contributed by atoms with van der Waals surface area (Å²) >= 11 is 0. The molecule has 0 amide bonds. The van der Waals surface area contributed by atoms with Crippen LogP contribution in [0.15, 0.2) is 53.4 Å². The lowest BCUT2D eigenvalue weighted by Gasteiger charge is -2.15. The molecular weight excluding hydrogens is 286 g/mol. The van der Waals surface area contributed by atoms with Crippen LogP contribution in [0.3, 0.4) is 0 Å². The summed E-state index contributed by atoms with van der Waals surface area (Å²) in [4.78, 5) is 0.258. The third kappa shape index (κ3) is 3.83. The van der Waals surface area contributed by atoms with Gasteiger partial charge in [0.25, 0.3) is 0 Å². The van der Waals surface area contributed by atoms with Crippen molar-refractivity contribution >= 4 is 9.84 Å². The highest BCUT2D eigenvalue weighted by atomic mass is 32.2. The number of sulfone groups is 1. The SMILES string of the molecule is C[C@@H](Oc1ccc(S(C)(=O)=O)cc1)c1cccc(C#N)c1. The van der Waals surface area contributed by atoms with Gasteiger partial charge >= 0.3 is 0 Å². The summed E-state index contributed by atoms with van der Waals surface area (Å²) in [5, 5.41) is 8.89. The Morgan fingerprint density at radius 2 is 1.81 bits per heavy atom. The molecule has 5 heteroatoms. The number of benzene rings is 2. The number of nitriles is 1. The predicted molar refractivity (Wildman–Crippen MR) is 79.8 cm³/mol. The molecule has 0 saturated heterocycles. The largest absolute Gasteiger partial charge is 0.486 e. The Bertz CT molecular complexity index is 774. The van der Waals surface area contributed by atoms with Crippen LogP contribution >= 0.6 is 0 Å². The molecule has 4 nitrogen and oxygen atoms in total. The first-order valence-corrected chi connectivity index (χ1v) is 8.26. The molecule has 108 valence electrons. The number of rotatable bonds is 4. The Morgan fingerprint density at radius 1 is 1.14 bits per heavy atom. The smallest absolute Gasteiger partial charge is 0.175 e. The van der Waals surface area contributed by atoms with Gasteiger partial charge in [0.15, 0.2) is 9.84 Å². The van der Waals surface area contributed by atoms with Gasteiger partial charge in [-0.15, -0.1) is 0 Å². The molecule has 2 aromatic carbocycles. The van der Waals surface area contributed by atoms with Crippen molar-refractivity contribution in [2.75, 3.05) is 6.26 Å². The Kier molecular flexibility index (Phi) is 4.29. The summed E-state index contributed by atoms with van der Waals surface area (Å²) < 4.78 is 28.5. The fraction of sp³-hybridized carbons (Fsp3) is 0.188. The molecule has 0 spiro atoms. The zero-order chi connectivity index (χ0) is 15.5. The van der Waals surface area contributed by atoms with E-state index >= 15 is 0 Å². The van der Waals surface area contributed by atoms with E-state index in [2.05, 4.69) is 6.07 Å². The van der Waals surface area contributed by atoms with Crippen LogP contribution in [0, 0.1) is 11.3 Å². The Labute approximate surface area is 124 Å². The Morgan fingerprint density at radius 3 is 2.38 bits per heavy atom. The number of hydrogen-bond donors (Lipinski definition) is 0. The topological polar surface area (TPSA) is 67.2 Å². The normalized spacial score (nSPS) is 12.4. The van der Waals surface area contributed by atoms with Crippen LogP contribution in [-0.4, -0.2) is 14.7 Å². The second-order valence-electron chi connectivity index (χ2n) is 4.74. The Balaban J connectivity index is 2.16. The third-order valence-corrected chi connectivity index (χ3v) is 4.18. The van der Waals surface area contributed by atoms with Crippen molar-refractivity contribution in [3.8, 4) is 11.8 Å². The van der Waals surface area contributed by atoms with Gasteiger partial charge in [0.05, 0.1) is 16.5 Å². The highest BCUT2D eigenvalue weighted by Crippen LogP contribution is 2.23. The molecule has 0 fully saturated rings. The zero-order valence-corrected chi connectivity index (χ0v) is 12.6. The molecule has 0 saturated carbocycles. The lowest BCUT2D eigenvalue weighted by molar-refractivity contribution is 0.227. The average Bonchev–Trinajstić information content (AvgIpc) is 2.47. The van der Waals surface area contributed by atoms with Crippen molar-refractivity contribution in [1.29, 1.82) is 5.26 Å². The molecule has 0 aliphatic carbocycles.